The number of aryl methyl sites for hydroxylation is 1. The fourth-order valence-electron chi connectivity index (χ4n) is 1.86. The molecule has 0 amide bonds. The maximum Gasteiger partial charge on any atom is 0.123 e. The SMILES string of the molecule is COc1ccc(C)cc1C(N)Cn1ccnc1. The largest absolute Gasteiger partial charge is 0.496 e. The van der Waals surface area contributed by atoms with Gasteiger partial charge in [-0.2, -0.15) is 0 Å². The van der Waals surface area contributed by atoms with Crippen LogP contribution in [0.15, 0.2) is 36.9 Å². The summed E-state index contributed by atoms with van der Waals surface area (Å²) in [6.45, 7) is 2.74. The Morgan fingerprint density at radius 3 is 2.94 bits per heavy atom. The molecule has 1 unspecified atom stereocenters. The van der Waals surface area contributed by atoms with E-state index < -0.39 is 0 Å². The van der Waals surface area contributed by atoms with Crippen molar-refractivity contribution >= 4 is 0 Å². The van der Waals surface area contributed by atoms with Gasteiger partial charge in [0.2, 0.25) is 0 Å². The number of aromatic nitrogens is 2. The lowest BCUT2D eigenvalue weighted by Crippen LogP contribution is -2.17. The number of nitrogens with two attached hydrogens (primary N) is 1. The van der Waals surface area contributed by atoms with E-state index >= 15 is 0 Å². The number of rotatable bonds is 4. The topological polar surface area (TPSA) is 53.1 Å². The van der Waals surface area contributed by atoms with E-state index in [1.807, 2.05) is 29.8 Å². The molecule has 0 aliphatic rings. The van der Waals surface area contributed by atoms with Crippen LogP contribution in [0.5, 0.6) is 5.75 Å². The number of imidazole rings is 1. The minimum Gasteiger partial charge on any atom is -0.496 e. The predicted molar refractivity (Wildman–Crippen MR) is 66.9 cm³/mol. The summed E-state index contributed by atoms with van der Waals surface area (Å²) in [7, 11) is 1.66. The molecule has 0 saturated heterocycles. The summed E-state index contributed by atoms with van der Waals surface area (Å²) in [6.07, 6.45) is 5.42. The zero-order valence-electron chi connectivity index (χ0n) is 10.1. The van der Waals surface area contributed by atoms with Crippen LogP contribution in [0.3, 0.4) is 0 Å². The smallest absolute Gasteiger partial charge is 0.123 e. The van der Waals surface area contributed by atoms with Crippen molar-refractivity contribution in [2.45, 2.75) is 19.5 Å². The Bertz CT molecular complexity index is 479. The highest BCUT2D eigenvalue weighted by atomic mass is 16.5. The molecule has 1 aromatic carbocycles. The fourth-order valence-corrected chi connectivity index (χ4v) is 1.86. The molecule has 0 saturated carbocycles. The first-order chi connectivity index (χ1) is 8.20. The number of benzene rings is 1. The van der Waals surface area contributed by atoms with E-state index in [9.17, 15) is 0 Å². The van der Waals surface area contributed by atoms with Gasteiger partial charge in [-0.25, -0.2) is 4.98 Å². The molecule has 1 atom stereocenters. The van der Waals surface area contributed by atoms with E-state index in [4.69, 9.17) is 10.5 Å². The van der Waals surface area contributed by atoms with Crippen molar-refractivity contribution in [3.63, 3.8) is 0 Å². The molecule has 0 aliphatic carbocycles. The third-order valence-electron chi connectivity index (χ3n) is 2.75. The minimum absolute atomic E-state index is 0.0981. The molecular weight excluding hydrogens is 214 g/mol. The summed E-state index contributed by atoms with van der Waals surface area (Å²) >= 11 is 0. The van der Waals surface area contributed by atoms with Gasteiger partial charge in [-0.15, -0.1) is 0 Å². The van der Waals surface area contributed by atoms with E-state index in [1.54, 1.807) is 19.6 Å². The standard InChI is InChI=1S/C13H17N3O/c1-10-3-4-13(17-2)11(7-10)12(14)8-16-6-5-15-9-16/h3-7,9,12H,8,14H2,1-2H3. The Hall–Kier alpha value is -1.81. The minimum atomic E-state index is -0.0981. The highest BCUT2D eigenvalue weighted by molar-refractivity contribution is 5.38. The fraction of sp³-hybridized carbons (Fsp3) is 0.308. The van der Waals surface area contributed by atoms with E-state index in [1.165, 1.54) is 5.56 Å². The highest BCUT2D eigenvalue weighted by Crippen LogP contribution is 2.25. The zero-order valence-corrected chi connectivity index (χ0v) is 10.1. The summed E-state index contributed by atoms with van der Waals surface area (Å²) in [5.41, 5.74) is 8.41. The third-order valence-corrected chi connectivity index (χ3v) is 2.75. The molecular formula is C13H17N3O. The normalized spacial score (nSPS) is 12.4. The second kappa shape index (κ2) is 5.01. The molecule has 90 valence electrons. The van der Waals surface area contributed by atoms with Crippen molar-refractivity contribution < 1.29 is 4.74 Å². The Morgan fingerprint density at radius 1 is 1.47 bits per heavy atom. The first-order valence-electron chi connectivity index (χ1n) is 5.56. The van der Waals surface area contributed by atoms with Crippen LogP contribution in [0.1, 0.15) is 17.2 Å². The molecule has 1 heterocycles. The van der Waals surface area contributed by atoms with E-state index in [2.05, 4.69) is 11.1 Å². The second-order valence-corrected chi connectivity index (χ2v) is 4.11. The van der Waals surface area contributed by atoms with Gasteiger partial charge in [0.25, 0.3) is 0 Å². The van der Waals surface area contributed by atoms with Gasteiger partial charge in [0.1, 0.15) is 5.75 Å². The molecule has 2 N–H and O–H groups in total. The number of nitrogens with zero attached hydrogens (tertiary/aromatic N) is 2. The maximum atomic E-state index is 6.20. The monoisotopic (exact) mass is 231 g/mol. The lowest BCUT2D eigenvalue weighted by molar-refractivity contribution is 0.402. The first-order valence-corrected chi connectivity index (χ1v) is 5.56. The van der Waals surface area contributed by atoms with Crippen molar-refractivity contribution in [2.24, 2.45) is 5.73 Å². The molecule has 0 radical (unpaired) electrons. The molecule has 1 aromatic heterocycles. The van der Waals surface area contributed by atoms with Crippen molar-refractivity contribution in [2.75, 3.05) is 7.11 Å². The summed E-state index contributed by atoms with van der Waals surface area (Å²) in [6, 6.07) is 5.95. The molecule has 0 aliphatic heterocycles. The van der Waals surface area contributed by atoms with Crippen molar-refractivity contribution in [1.29, 1.82) is 0 Å². The summed E-state index contributed by atoms with van der Waals surface area (Å²) in [4.78, 5) is 4.01. The second-order valence-electron chi connectivity index (χ2n) is 4.11. The Labute approximate surface area is 101 Å². The van der Waals surface area contributed by atoms with Gasteiger partial charge in [-0.1, -0.05) is 17.7 Å². The Morgan fingerprint density at radius 2 is 2.29 bits per heavy atom. The third kappa shape index (κ3) is 2.65. The average Bonchev–Trinajstić information content (AvgIpc) is 2.81. The van der Waals surface area contributed by atoms with Crippen molar-refractivity contribution in [3.05, 3.63) is 48.0 Å². The number of ether oxygens (including phenoxy) is 1. The lowest BCUT2D eigenvalue weighted by Gasteiger charge is -2.16. The number of methoxy groups -OCH3 is 1. The van der Waals surface area contributed by atoms with Gasteiger partial charge in [-0.05, 0) is 13.0 Å². The molecule has 17 heavy (non-hydrogen) atoms. The first kappa shape index (κ1) is 11.7. The lowest BCUT2D eigenvalue weighted by atomic mass is 10.0. The van der Waals surface area contributed by atoms with Crippen molar-refractivity contribution in [3.8, 4) is 5.75 Å². The van der Waals surface area contributed by atoms with Gasteiger partial charge in [0, 0.05) is 24.5 Å². The van der Waals surface area contributed by atoms with Crippen LogP contribution >= 0.6 is 0 Å². The van der Waals surface area contributed by atoms with Crippen LogP contribution in [0.25, 0.3) is 0 Å². The molecule has 0 fully saturated rings. The number of hydrogen-bond donors (Lipinski definition) is 1. The van der Waals surface area contributed by atoms with E-state index in [0.29, 0.717) is 6.54 Å². The van der Waals surface area contributed by atoms with Gasteiger partial charge >= 0.3 is 0 Å². The van der Waals surface area contributed by atoms with E-state index in [0.717, 1.165) is 11.3 Å². The summed E-state index contributed by atoms with van der Waals surface area (Å²) in [5.74, 6) is 0.836. The highest BCUT2D eigenvalue weighted by Gasteiger charge is 2.12. The summed E-state index contributed by atoms with van der Waals surface area (Å²) in [5, 5.41) is 0. The Kier molecular flexibility index (Phi) is 3.44. The quantitative estimate of drug-likeness (QED) is 0.874. The molecule has 4 heteroatoms. The summed E-state index contributed by atoms with van der Waals surface area (Å²) < 4.78 is 7.30. The van der Waals surface area contributed by atoms with Gasteiger partial charge in [0.15, 0.2) is 0 Å². The molecule has 4 nitrogen and oxygen atoms in total. The van der Waals surface area contributed by atoms with Crippen LogP contribution in [0, 0.1) is 6.92 Å². The van der Waals surface area contributed by atoms with Gasteiger partial charge in [0.05, 0.1) is 19.5 Å². The molecule has 0 spiro atoms. The molecule has 2 rings (SSSR count). The number of hydrogen-bond acceptors (Lipinski definition) is 3. The van der Waals surface area contributed by atoms with Crippen LogP contribution in [0.2, 0.25) is 0 Å². The predicted octanol–water partition coefficient (Wildman–Crippen LogP) is 1.90. The average molecular weight is 231 g/mol. The molecule has 0 bridgehead atoms. The van der Waals surface area contributed by atoms with E-state index in [-0.39, 0.29) is 6.04 Å². The Balaban J connectivity index is 2.23. The van der Waals surface area contributed by atoms with Crippen LogP contribution in [-0.2, 0) is 6.54 Å². The maximum absolute atomic E-state index is 6.20. The van der Waals surface area contributed by atoms with Crippen LogP contribution in [-0.4, -0.2) is 16.7 Å². The van der Waals surface area contributed by atoms with Crippen molar-refractivity contribution in [1.82, 2.24) is 9.55 Å². The molecule has 2 aromatic rings. The van der Waals surface area contributed by atoms with Crippen LogP contribution in [0.4, 0.5) is 0 Å². The van der Waals surface area contributed by atoms with Gasteiger partial charge in [-0.3, -0.25) is 0 Å². The van der Waals surface area contributed by atoms with Gasteiger partial charge < -0.3 is 15.0 Å². The zero-order chi connectivity index (χ0) is 12.3. The van der Waals surface area contributed by atoms with Crippen LogP contribution < -0.4 is 10.5 Å².